The molecule has 0 saturated carbocycles. The smallest absolute Gasteiger partial charge is 0.227 e. The highest BCUT2D eigenvalue weighted by atomic mass is 32.2. The third-order valence-corrected chi connectivity index (χ3v) is 4.07. The van der Waals surface area contributed by atoms with Crippen molar-refractivity contribution in [2.75, 3.05) is 6.54 Å². The molecule has 0 bridgehead atoms. The number of aromatic nitrogens is 1. The fourth-order valence-corrected chi connectivity index (χ4v) is 3.17. The zero-order valence-electron chi connectivity index (χ0n) is 11.6. The summed E-state index contributed by atoms with van der Waals surface area (Å²) in [5.74, 6) is -0.176. The molecule has 2 rings (SSSR count). The quantitative estimate of drug-likeness (QED) is 0.640. The van der Waals surface area contributed by atoms with Gasteiger partial charge in [-0.2, -0.15) is 0 Å². The Labute approximate surface area is 125 Å². The summed E-state index contributed by atoms with van der Waals surface area (Å²) in [6, 6.07) is 7.18. The van der Waals surface area contributed by atoms with Crippen LogP contribution in [0.2, 0.25) is 0 Å². The first-order valence-electron chi connectivity index (χ1n) is 6.30. The molecule has 0 aliphatic heterocycles. The van der Waals surface area contributed by atoms with E-state index in [0.29, 0.717) is 11.1 Å². The minimum Gasteiger partial charge on any atom is -0.288 e. The maximum atomic E-state index is 11.7. The monoisotopic (exact) mass is 306 g/mol. The summed E-state index contributed by atoms with van der Waals surface area (Å²) in [6.45, 7) is 2.44. The molecule has 0 saturated heterocycles. The number of nitro groups is 1. The van der Waals surface area contributed by atoms with E-state index in [9.17, 15) is 19.7 Å². The van der Waals surface area contributed by atoms with E-state index < -0.39 is 10.2 Å². The van der Waals surface area contributed by atoms with Crippen molar-refractivity contribution in [2.24, 2.45) is 0 Å². The number of thioether (sulfide) groups is 1. The molecule has 0 aliphatic carbocycles. The van der Waals surface area contributed by atoms with Crippen molar-refractivity contribution in [3.63, 3.8) is 0 Å². The molecule has 1 heterocycles. The van der Waals surface area contributed by atoms with Crippen molar-refractivity contribution in [1.82, 2.24) is 4.57 Å². The molecule has 0 aliphatic rings. The number of nitrogens with zero attached hydrogens (tertiary/aromatic N) is 2. The lowest BCUT2D eigenvalue weighted by Gasteiger charge is -2.09. The van der Waals surface area contributed by atoms with Crippen LogP contribution in [-0.2, 0) is 4.79 Å². The number of carbonyl (C=O) groups is 2. The molecule has 0 amide bonds. The molecule has 0 radical (unpaired) electrons. The first-order valence-corrected chi connectivity index (χ1v) is 7.18. The van der Waals surface area contributed by atoms with E-state index >= 15 is 0 Å². The molecule has 0 fully saturated rings. The topological polar surface area (TPSA) is 82.2 Å². The molecule has 0 spiro atoms. The van der Waals surface area contributed by atoms with Gasteiger partial charge >= 0.3 is 0 Å². The molecule has 0 N–H and O–H groups in total. The second kappa shape index (κ2) is 6.09. The summed E-state index contributed by atoms with van der Waals surface area (Å²) < 4.78 is 1.46. The van der Waals surface area contributed by atoms with Gasteiger partial charge in [-0.15, -0.1) is 0 Å². The van der Waals surface area contributed by atoms with Crippen LogP contribution < -0.4 is 0 Å². The maximum absolute atomic E-state index is 11.7. The number of hydrogen-bond acceptors (Lipinski definition) is 5. The molecule has 21 heavy (non-hydrogen) atoms. The molecule has 6 nitrogen and oxygen atoms in total. The van der Waals surface area contributed by atoms with Gasteiger partial charge in [-0.25, -0.2) is 0 Å². The molecular formula is C14H14N2O4S. The van der Waals surface area contributed by atoms with E-state index in [4.69, 9.17) is 0 Å². The van der Waals surface area contributed by atoms with Crippen molar-refractivity contribution in [2.45, 2.75) is 19.1 Å². The Morgan fingerprint density at radius 2 is 2.00 bits per heavy atom. The Hall–Kier alpha value is -2.15. The van der Waals surface area contributed by atoms with Crippen LogP contribution >= 0.6 is 11.8 Å². The Morgan fingerprint density at radius 1 is 1.33 bits per heavy atom. The van der Waals surface area contributed by atoms with E-state index in [-0.39, 0.29) is 17.6 Å². The highest BCUT2D eigenvalue weighted by molar-refractivity contribution is 8.13. The predicted octanol–water partition coefficient (Wildman–Crippen LogP) is 2.90. The van der Waals surface area contributed by atoms with Gasteiger partial charge in [0.15, 0.2) is 5.12 Å². The van der Waals surface area contributed by atoms with Gasteiger partial charge in [0.2, 0.25) is 12.5 Å². The molecule has 0 unspecified atom stereocenters. The van der Waals surface area contributed by atoms with Gasteiger partial charge in [-0.3, -0.25) is 24.3 Å². The van der Waals surface area contributed by atoms with Crippen molar-refractivity contribution in [3.8, 4) is 0 Å². The summed E-state index contributed by atoms with van der Waals surface area (Å²) in [5.41, 5.74) is 1.33. The van der Waals surface area contributed by atoms with E-state index in [1.165, 1.54) is 18.4 Å². The lowest BCUT2D eigenvalue weighted by Crippen LogP contribution is -2.11. The van der Waals surface area contributed by atoms with Gasteiger partial charge in [0.05, 0.1) is 5.52 Å². The van der Waals surface area contributed by atoms with E-state index in [0.717, 1.165) is 17.1 Å². The van der Waals surface area contributed by atoms with Crippen LogP contribution in [-0.4, -0.2) is 27.1 Å². The molecular weight excluding hydrogens is 292 g/mol. The molecule has 1 aromatic heterocycles. The summed E-state index contributed by atoms with van der Waals surface area (Å²) in [7, 11) is 0. The largest absolute Gasteiger partial charge is 0.288 e. The highest BCUT2D eigenvalue weighted by Gasteiger charge is 2.25. The van der Waals surface area contributed by atoms with Gasteiger partial charge in [0.25, 0.3) is 0 Å². The Bertz CT molecular complexity index is 707. The lowest BCUT2D eigenvalue weighted by molar-refractivity contribution is -0.479. The Kier molecular flexibility index (Phi) is 4.42. The van der Waals surface area contributed by atoms with Crippen LogP contribution in [0, 0.1) is 10.1 Å². The van der Waals surface area contributed by atoms with Crippen molar-refractivity contribution < 1.29 is 14.5 Å². The zero-order chi connectivity index (χ0) is 15.6. The summed E-state index contributed by atoms with van der Waals surface area (Å²) in [4.78, 5) is 33.5. The number of rotatable bonds is 4. The number of benzene rings is 1. The minimum absolute atomic E-state index is 0.176. The van der Waals surface area contributed by atoms with Gasteiger partial charge in [-0.1, -0.05) is 30.0 Å². The summed E-state index contributed by atoms with van der Waals surface area (Å²) in [6.07, 6.45) is 1.59. The third kappa shape index (κ3) is 3.30. The van der Waals surface area contributed by atoms with Crippen LogP contribution in [0.4, 0.5) is 0 Å². The molecule has 1 aromatic carbocycles. The average molecular weight is 306 g/mol. The zero-order valence-corrected chi connectivity index (χ0v) is 12.4. The molecule has 1 atom stereocenters. The first kappa shape index (κ1) is 15.2. The maximum Gasteiger partial charge on any atom is 0.227 e. The van der Waals surface area contributed by atoms with Gasteiger partial charge in [-0.05, 0) is 11.6 Å². The predicted molar refractivity (Wildman–Crippen MR) is 81.1 cm³/mol. The number of carbonyl (C=O) groups excluding carboxylic acids is 2. The molecule has 2 aromatic rings. The summed E-state index contributed by atoms with van der Waals surface area (Å²) >= 11 is 0.916. The minimum atomic E-state index is -0.608. The molecule has 110 valence electrons. The van der Waals surface area contributed by atoms with Crippen molar-refractivity contribution in [1.29, 1.82) is 0 Å². The van der Waals surface area contributed by atoms with Crippen LogP contribution in [0.5, 0.6) is 0 Å². The van der Waals surface area contributed by atoms with Crippen molar-refractivity contribution in [3.05, 3.63) is 46.1 Å². The van der Waals surface area contributed by atoms with Gasteiger partial charge in [0, 0.05) is 30.4 Å². The van der Waals surface area contributed by atoms with Crippen LogP contribution in [0.3, 0.4) is 0 Å². The second-order valence-electron chi connectivity index (χ2n) is 4.60. The van der Waals surface area contributed by atoms with Gasteiger partial charge < -0.3 is 0 Å². The number of para-hydroxylation sites is 1. The second-order valence-corrected chi connectivity index (χ2v) is 5.98. The standard InChI is InChI=1S/C14H14N2O4S/c1-9(17)15-7-12(11-5-3-4-6-13(11)15)14(8-16(19)20)21-10(2)18/h3-7,14H,8H2,1-2H3/t14-/m0/s1. The van der Waals surface area contributed by atoms with Crippen LogP contribution in [0.25, 0.3) is 10.9 Å². The fraction of sp³-hybridized carbons (Fsp3) is 0.286. The number of hydrogen-bond donors (Lipinski definition) is 0. The van der Waals surface area contributed by atoms with E-state index in [2.05, 4.69) is 0 Å². The fourth-order valence-electron chi connectivity index (χ4n) is 2.26. The normalized spacial score (nSPS) is 12.3. The lowest BCUT2D eigenvalue weighted by atomic mass is 10.1. The third-order valence-electron chi connectivity index (χ3n) is 3.05. The highest BCUT2D eigenvalue weighted by Crippen LogP contribution is 2.35. The Morgan fingerprint density at radius 3 is 2.57 bits per heavy atom. The Balaban J connectivity index is 2.59. The number of fused-ring (bicyclic) bond motifs is 1. The van der Waals surface area contributed by atoms with Gasteiger partial charge in [0.1, 0.15) is 5.25 Å². The van der Waals surface area contributed by atoms with E-state index in [1.54, 1.807) is 30.5 Å². The van der Waals surface area contributed by atoms with E-state index in [1.807, 2.05) is 0 Å². The summed E-state index contributed by atoms with van der Waals surface area (Å²) in [5, 5.41) is 10.8. The molecule has 7 heteroatoms. The van der Waals surface area contributed by atoms with Crippen LogP contribution in [0.15, 0.2) is 30.5 Å². The average Bonchev–Trinajstić information content (AvgIpc) is 2.76. The SMILES string of the molecule is CC(=O)S[C@@H](C[N+](=O)[O-])c1cn(C(C)=O)c2ccccc12. The van der Waals surface area contributed by atoms with Crippen LogP contribution in [0.1, 0.15) is 29.5 Å². The first-order chi connectivity index (χ1) is 9.90. The van der Waals surface area contributed by atoms with Crippen molar-refractivity contribution >= 4 is 33.7 Å².